The highest BCUT2D eigenvalue weighted by Gasteiger charge is 2.52. The number of amides is 1. The molecule has 5 heteroatoms. The molecule has 0 heterocycles. The fraction of sp³-hybridized carbons (Fsp3) is 0.429. The van der Waals surface area contributed by atoms with Crippen molar-refractivity contribution in [1.29, 1.82) is 0 Å². The van der Waals surface area contributed by atoms with Crippen LogP contribution in [0.5, 0.6) is 0 Å². The van der Waals surface area contributed by atoms with Gasteiger partial charge in [-0.15, -0.1) is 0 Å². The molecule has 19 heavy (non-hydrogen) atoms. The summed E-state index contributed by atoms with van der Waals surface area (Å²) in [5.41, 5.74) is 6.59. The van der Waals surface area contributed by atoms with E-state index < -0.39 is 5.41 Å². The molecule has 0 atom stereocenters. The van der Waals surface area contributed by atoms with Gasteiger partial charge in [0, 0.05) is 5.69 Å². The quantitative estimate of drug-likeness (QED) is 0.337. The Labute approximate surface area is 112 Å². The predicted molar refractivity (Wildman–Crippen MR) is 74.0 cm³/mol. The van der Waals surface area contributed by atoms with Gasteiger partial charge in [0.2, 0.25) is 5.91 Å². The zero-order valence-electron chi connectivity index (χ0n) is 11.2. The van der Waals surface area contributed by atoms with Gasteiger partial charge in [0.1, 0.15) is 5.41 Å². The fourth-order valence-electron chi connectivity index (χ4n) is 2.69. The van der Waals surface area contributed by atoms with Gasteiger partial charge < -0.3 is 16.3 Å². The maximum atomic E-state index is 12.4. The number of rotatable bonds is 3. The van der Waals surface area contributed by atoms with Crippen LogP contribution in [0.1, 0.15) is 25.3 Å². The number of nitrogens with one attached hydrogen (secondary N) is 1. The Balaban J connectivity index is 2.21. The number of anilines is 1. The summed E-state index contributed by atoms with van der Waals surface area (Å²) in [6.07, 6.45) is 1.22. The normalized spacial score (nSPS) is 26.6. The number of oxime groups is 1. The average molecular weight is 261 g/mol. The van der Waals surface area contributed by atoms with Crippen molar-refractivity contribution in [2.24, 2.45) is 22.2 Å². The minimum absolute atomic E-state index is 0.00307. The van der Waals surface area contributed by atoms with E-state index in [2.05, 4.69) is 10.5 Å². The molecule has 0 saturated heterocycles. The molecule has 2 rings (SSSR count). The van der Waals surface area contributed by atoms with Crippen molar-refractivity contribution in [2.45, 2.75) is 26.7 Å². The van der Waals surface area contributed by atoms with Gasteiger partial charge in [0.05, 0.1) is 0 Å². The molecular weight excluding hydrogens is 242 g/mol. The van der Waals surface area contributed by atoms with E-state index in [1.807, 2.05) is 38.1 Å². The maximum Gasteiger partial charge on any atom is 0.238 e. The molecule has 0 bridgehead atoms. The molecule has 5 nitrogen and oxygen atoms in total. The molecule has 1 aliphatic carbocycles. The minimum Gasteiger partial charge on any atom is -0.409 e. The first kappa shape index (κ1) is 13.4. The Hall–Kier alpha value is -2.04. The smallest absolute Gasteiger partial charge is 0.238 e. The number of nitrogens with two attached hydrogens (primary N) is 1. The summed E-state index contributed by atoms with van der Waals surface area (Å²) in [6, 6.07) is 7.54. The second-order valence-corrected chi connectivity index (χ2v) is 5.35. The molecule has 1 fully saturated rings. The summed E-state index contributed by atoms with van der Waals surface area (Å²) >= 11 is 0. The molecule has 4 N–H and O–H groups in total. The van der Waals surface area contributed by atoms with Crippen molar-refractivity contribution in [2.75, 3.05) is 5.32 Å². The molecule has 1 aromatic rings. The molecule has 1 amide bonds. The number of hydrogen-bond acceptors (Lipinski definition) is 3. The largest absolute Gasteiger partial charge is 0.409 e. The summed E-state index contributed by atoms with van der Waals surface area (Å²) in [5.74, 6) is 0.204. The molecule has 1 aliphatic rings. The van der Waals surface area contributed by atoms with Crippen molar-refractivity contribution < 1.29 is 10.0 Å². The first-order valence-corrected chi connectivity index (χ1v) is 6.34. The Morgan fingerprint density at radius 1 is 1.47 bits per heavy atom. The fourth-order valence-corrected chi connectivity index (χ4v) is 2.69. The Morgan fingerprint density at radius 3 is 2.63 bits per heavy atom. The van der Waals surface area contributed by atoms with Crippen LogP contribution >= 0.6 is 0 Å². The van der Waals surface area contributed by atoms with Crippen LogP contribution in [0.2, 0.25) is 0 Å². The maximum absolute atomic E-state index is 12.4. The second kappa shape index (κ2) is 4.91. The summed E-state index contributed by atoms with van der Waals surface area (Å²) in [7, 11) is 0. The molecule has 0 aromatic heterocycles. The molecule has 0 radical (unpaired) electrons. The van der Waals surface area contributed by atoms with E-state index >= 15 is 0 Å². The molecule has 1 aromatic carbocycles. The van der Waals surface area contributed by atoms with Gasteiger partial charge in [-0.25, -0.2) is 0 Å². The van der Waals surface area contributed by atoms with Crippen molar-refractivity contribution in [3.05, 3.63) is 29.8 Å². The molecule has 0 unspecified atom stereocenters. The summed E-state index contributed by atoms with van der Waals surface area (Å²) in [6.45, 7) is 3.97. The van der Waals surface area contributed by atoms with Gasteiger partial charge in [0.15, 0.2) is 5.84 Å². The number of benzene rings is 1. The standard InChI is InChI=1S/C14H19N3O2/c1-9-7-14(8-9,12(15)17-19)13(18)16-11-6-4-3-5-10(11)2/h3-6,9,19H,7-8H2,1-2H3,(H2,15,17)(H,16,18). The third-order valence-electron chi connectivity index (χ3n) is 3.82. The lowest BCUT2D eigenvalue weighted by atomic mass is 9.61. The third-order valence-corrected chi connectivity index (χ3v) is 3.82. The van der Waals surface area contributed by atoms with Crippen LogP contribution in [0.15, 0.2) is 29.4 Å². The highest BCUT2D eigenvalue weighted by atomic mass is 16.4. The van der Waals surface area contributed by atoms with Gasteiger partial charge in [-0.3, -0.25) is 4.79 Å². The topological polar surface area (TPSA) is 87.7 Å². The number of hydrogen-bond donors (Lipinski definition) is 3. The lowest BCUT2D eigenvalue weighted by molar-refractivity contribution is -0.127. The zero-order valence-corrected chi connectivity index (χ0v) is 11.2. The molecule has 0 spiro atoms. The Morgan fingerprint density at radius 2 is 2.11 bits per heavy atom. The highest BCUT2D eigenvalue weighted by molar-refractivity contribution is 6.12. The number of aryl methyl sites for hydroxylation is 1. The van der Waals surface area contributed by atoms with E-state index in [0.29, 0.717) is 18.8 Å². The van der Waals surface area contributed by atoms with Crippen LogP contribution in [0.4, 0.5) is 5.69 Å². The zero-order chi connectivity index (χ0) is 14.0. The van der Waals surface area contributed by atoms with Gasteiger partial charge in [-0.2, -0.15) is 0 Å². The van der Waals surface area contributed by atoms with Crippen molar-refractivity contribution >= 4 is 17.4 Å². The summed E-state index contributed by atoms with van der Waals surface area (Å²) < 4.78 is 0. The van der Waals surface area contributed by atoms with E-state index in [1.165, 1.54) is 0 Å². The molecule has 102 valence electrons. The van der Waals surface area contributed by atoms with Crippen LogP contribution in [-0.4, -0.2) is 17.0 Å². The van der Waals surface area contributed by atoms with Crippen molar-refractivity contribution in [1.82, 2.24) is 0 Å². The van der Waals surface area contributed by atoms with Gasteiger partial charge in [-0.05, 0) is 37.3 Å². The monoisotopic (exact) mass is 261 g/mol. The van der Waals surface area contributed by atoms with Crippen LogP contribution in [-0.2, 0) is 4.79 Å². The van der Waals surface area contributed by atoms with Crippen LogP contribution in [0.3, 0.4) is 0 Å². The SMILES string of the molecule is Cc1ccccc1NC(=O)C1(/C(N)=N/O)CC(C)C1. The number of nitrogens with zero attached hydrogens (tertiary/aromatic N) is 1. The first-order chi connectivity index (χ1) is 8.99. The third kappa shape index (κ3) is 2.28. The van der Waals surface area contributed by atoms with Gasteiger partial charge in [-0.1, -0.05) is 30.3 Å². The number of amidine groups is 1. The summed E-state index contributed by atoms with van der Waals surface area (Å²) in [5, 5.41) is 14.8. The Bertz CT molecular complexity index is 519. The van der Waals surface area contributed by atoms with E-state index in [-0.39, 0.29) is 11.7 Å². The lowest BCUT2D eigenvalue weighted by Crippen LogP contribution is -2.54. The molecule has 1 saturated carbocycles. The highest BCUT2D eigenvalue weighted by Crippen LogP contribution is 2.46. The van der Waals surface area contributed by atoms with E-state index in [9.17, 15) is 4.79 Å². The van der Waals surface area contributed by atoms with Crippen LogP contribution in [0.25, 0.3) is 0 Å². The van der Waals surface area contributed by atoms with E-state index in [1.54, 1.807) is 0 Å². The average Bonchev–Trinajstić information content (AvgIpc) is 2.36. The Kier molecular flexibility index (Phi) is 3.46. The number of carbonyl (C=O) groups is 1. The number of carbonyl (C=O) groups excluding carboxylic acids is 1. The van der Waals surface area contributed by atoms with E-state index in [0.717, 1.165) is 11.3 Å². The minimum atomic E-state index is -0.865. The van der Waals surface area contributed by atoms with Crippen LogP contribution < -0.4 is 11.1 Å². The van der Waals surface area contributed by atoms with Crippen molar-refractivity contribution in [3.63, 3.8) is 0 Å². The number of para-hydroxylation sites is 1. The van der Waals surface area contributed by atoms with Gasteiger partial charge in [0.25, 0.3) is 0 Å². The molecular formula is C14H19N3O2. The van der Waals surface area contributed by atoms with Crippen LogP contribution in [0, 0.1) is 18.3 Å². The summed E-state index contributed by atoms with van der Waals surface area (Å²) in [4.78, 5) is 12.4. The predicted octanol–water partition coefficient (Wildman–Crippen LogP) is 2.10. The molecule has 0 aliphatic heterocycles. The lowest BCUT2D eigenvalue weighted by Gasteiger charge is -2.43. The van der Waals surface area contributed by atoms with E-state index in [4.69, 9.17) is 10.9 Å². The second-order valence-electron chi connectivity index (χ2n) is 5.35. The van der Waals surface area contributed by atoms with Gasteiger partial charge >= 0.3 is 0 Å². The first-order valence-electron chi connectivity index (χ1n) is 6.34. The van der Waals surface area contributed by atoms with Crippen molar-refractivity contribution in [3.8, 4) is 0 Å².